The molecule has 35 heavy (non-hydrogen) atoms. The molecule has 1 aromatic heterocycles. The second-order valence-corrected chi connectivity index (χ2v) is 16.4. The highest BCUT2D eigenvalue weighted by molar-refractivity contribution is 6.83. The molecule has 1 saturated heterocycles. The lowest BCUT2D eigenvalue weighted by Crippen LogP contribution is -2.71. The van der Waals surface area contributed by atoms with E-state index in [0.717, 1.165) is 5.56 Å². The van der Waals surface area contributed by atoms with E-state index in [1.807, 2.05) is 58.1 Å². The fraction of sp³-hybridized carbons (Fsp3) is 0.560. The third-order valence-corrected chi connectivity index (χ3v) is 14.2. The maximum atomic E-state index is 12.7. The Bertz CT molecular complexity index is 1200. The largest absolute Gasteiger partial charge is 0.497 e. The number of carbonyl (C=O) groups is 1. The van der Waals surface area contributed by atoms with Crippen molar-refractivity contribution in [1.29, 1.82) is 0 Å². The highest BCUT2D eigenvalue weighted by atomic mass is 28.3. The number of aryl methyl sites for hydroxylation is 1. The number of aromatic amines is 1. The van der Waals surface area contributed by atoms with E-state index in [-0.39, 0.29) is 24.7 Å². The third kappa shape index (κ3) is 4.67. The van der Waals surface area contributed by atoms with Crippen LogP contribution in [-0.2, 0) is 20.9 Å². The molecule has 192 valence electrons. The van der Waals surface area contributed by atoms with Crippen molar-refractivity contribution in [3.63, 3.8) is 0 Å². The lowest BCUT2D eigenvalue weighted by molar-refractivity contribution is -0.165. The number of benzene rings is 1. The van der Waals surface area contributed by atoms with E-state index in [1.54, 1.807) is 14.0 Å². The van der Waals surface area contributed by atoms with Crippen molar-refractivity contribution < 1.29 is 24.1 Å². The summed E-state index contributed by atoms with van der Waals surface area (Å²) in [4.78, 5) is 39.5. The van der Waals surface area contributed by atoms with Crippen LogP contribution in [0.2, 0.25) is 18.1 Å². The summed E-state index contributed by atoms with van der Waals surface area (Å²) in [5.41, 5.74) is -1.71. The first-order chi connectivity index (χ1) is 16.2. The molecular weight excluding hydrogens is 468 g/mol. The minimum atomic E-state index is -2.70. The van der Waals surface area contributed by atoms with Gasteiger partial charge in [-0.2, -0.15) is 0 Å². The molecule has 1 fully saturated rings. The number of ether oxygens (including phenoxy) is 3. The van der Waals surface area contributed by atoms with Crippen molar-refractivity contribution in [1.82, 2.24) is 9.55 Å². The quantitative estimate of drug-likeness (QED) is 0.419. The second kappa shape index (κ2) is 9.49. The van der Waals surface area contributed by atoms with Gasteiger partial charge in [-0.25, -0.2) is 4.79 Å². The van der Waals surface area contributed by atoms with Gasteiger partial charge in [0.2, 0.25) is 0 Å². The van der Waals surface area contributed by atoms with Crippen LogP contribution in [0.3, 0.4) is 0 Å². The van der Waals surface area contributed by atoms with E-state index < -0.39 is 36.4 Å². The zero-order valence-corrected chi connectivity index (χ0v) is 22.5. The summed E-state index contributed by atoms with van der Waals surface area (Å²) in [6.45, 7) is 11.7. The molecule has 1 aliphatic heterocycles. The second-order valence-electron chi connectivity index (χ2n) is 10.8. The number of nitrogens with one attached hydrogen (secondary N) is 1. The number of aliphatic hydroxyl groups is 1. The van der Waals surface area contributed by atoms with Gasteiger partial charge in [0.15, 0.2) is 11.9 Å². The van der Waals surface area contributed by atoms with Gasteiger partial charge in [-0.05, 0) is 29.7 Å². The smallest absolute Gasteiger partial charge is 0.330 e. The van der Waals surface area contributed by atoms with Gasteiger partial charge in [0, 0.05) is 18.2 Å². The Kier molecular flexibility index (Phi) is 7.34. The molecule has 9 nitrogen and oxygen atoms in total. The highest BCUT2D eigenvalue weighted by Gasteiger charge is 2.69. The molecule has 0 bridgehead atoms. The Morgan fingerprint density at radius 1 is 1.31 bits per heavy atom. The molecule has 0 radical (unpaired) electrons. The molecular formula is C25H36N2O7Si. The topological polar surface area (TPSA) is 120 Å². The normalized spacial score (nSPS) is 25.0. The molecule has 0 aliphatic carbocycles. The number of hydrogen-bond donors (Lipinski definition) is 2. The molecule has 0 spiro atoms. The van der Waals surface area contributed by atoms with E-state index in [1.165, 1.54) is 10.8 Å². The molecule has 1 aliphatic rings. The third-order valence-electron chi connectivity index (χ3n) is 7.79. The average Bonchev–Trinajstić information content (AvgIpc) is 3.09. The monoisotopic (exact) mass is 504 g/mol. The highest BCUT2D eigenvalue weighted by Crippen LogP contribution is 2.55. The Morgan fingerprint density at radius 3 is 2.60 bits per heavy atom. The molecule has 0 saturated carbocycles. The van der Waals surface area contributed by atoms with Crippen LogP contribution in [0.4, 0.5) is 0 Å². The number of carbonyl (C=O) groups excluding carboxylic acids is 1. The SMILES string of the molecule is COc1cccc(COC[C@@]2(C=O)O[C@@H](n3cc(C)c(=O)[nH]c3=O)C[C@@]2(O)[Si](C)(C)C(C)(C)C)c1. The first-order valence-corrected chi connectivity index (χ1v) is 14.6. The van der Waals surface area contributed by atoms with E-state index in [2.05, 4.69) is 4.98 Å². The number of H-pyrrole nitrogens is 1. The minimum absolute atomic E-state index is 0.0101. The Morgan fingerprint density at radius 2 is 2.00 bits per heavy atom. The molecule has 2 heterocycles. The van der Waals surface area contributed by atoms with Gasteiger partial charge in [0.05, 0.1) is 33.6 Å². The van der Waals surface area contributed by atoms with Crippen molar-refractivity contribution in [2.75, 3.05) is 13.7 Å². The van der Waals surface area contributed by atoms with Crippen LogP contribution in [0.1, 0.15) is 44.5 Å². The molecule has 0 unspecified atom stereocenters. The van der Waals surface area contributed by atoms with E-state index >= 15 is 0 Å². The summed E-state index contributed by atoms with van der Waals surface area (Å²) in [5, 5.41) is 10.4. The van der Waals surface area contributed by atoms with E-state index in [4.69, 9.17) is 14.2 Å². The summed E-state index contributed by atoms with van der Waals surface area (Å²) in [6.07, 6.45) is 1.07. The van der Waals surface area contributed by atoms with Gasteiger partial charge in [-0.3, -0.25) is 19.1 Å². The number of methoxy groups -OCH3 is 1. The average molecular weight is 505 g/mol. The Hall–Kier alpha value is -2.53. The summed E-state index contributed by atoms with van der Waals surface area (Å²) < 4.78 is 18.7. The van der Waals surface area contributed by atoms with Crippen LogP contribution in [0, 0.1) is 6.92 Å². The van der Waals surface area contributed by atoms with Crippen molar-refractivity contribution in [2.24, 2.45) is 0 Å². The van der Waals surface area contributed by atoms with Crippen molar-refractivity contribution in [3.05, 3.63) is 62.4 Å². The van der Waals surface area contributed by atoms with Gasteiger partial charge in [0.25, 0.3) is 5.56 Å². The van der Waals surface area contributed by atoms with Crippen molar-refractivity contribution in [3.8, 4) is 5.75 Å². The first-order valence-electron chi connectivity index (χ1n) is 11.6. The summed E-state index contributed by atoms with van der Waals surface area (Å²) in [6, 6.07) is 7.36. The maximum Gasteiger partial charge on any atom is 0.330 e. The van der Waals surface area contributed by atoms with Gasteiger partial charge < -0.3 is 19.3 Å². The Balaban J connectivity index is 2.02. The fourth-order valence-electron chi connectivity index (χ4n) is 4.56. The molecule has 1 aromatic carbocycles. The van der Waals surface area contributed by atoms with E-state index in [0.29, 0.717) is 17.6 Å². The number of nitrogens with zero attached hydrogens (tertiary/aromatic N) is 1. The van der Waals surface area contributed by atoms with Crippen LogP contribution < -0.4 is 16.0 Å². The minimum Gasteiger partial charge on any atom is -0.497 e. The number of aromatic nitrogens is 2. The molecule has 0 amide bonds. The van der Waals surface area contributed by atoms with Gasteiger partial charge in [-0.1, -0.05) is 46.0 Å². The van der Waals surface area contributed by atoms with Crippen LogP contribution in [0.5, 0.6) is 5.75 Å². The van der Waals surface area contributed by atoms with Crippen molar-refractivity contribution >= 4 is 14.4 Å². The molecule has 3 atom stereocenters. The Labute approximate surface area is 206 Å². The van der Waals surface area contributed by atoms with Gasteiger partial charge >= 0.3 is 5.69 Å². The van der Waals surface area contributed by atoms with Crippen LogP contribution >= 0.6 is 0 Å². The van der Waals surface area contributed by atoms with Gasteiger partial charge in [0.1, 0.15) is 12.0 Å². The van der Waals surface area contributed by atoms with Crippen LogP contribution in [0.25, 0.3) is 0 Å². The molecule has 2 N–H and O–H groups in total. The number of rotatable bonds is 8. The fourth-order valence-corrected chi connectivity index (χ4v) is 7.74. The van der Waals surface area contributed by atoms with Crippen LogP contribution in [0.15, 0.2) is 40.1 Å². The lowest BCUT2D eigenvalue weighted by Gasteiger charge is -2.52. The molecule has 3 rings (SSSR count). The molecule has 2 aromatic rings. The lowest BCUT2D eigenvalue weighted by atomic mass is 9.98. The van der Waals surface area contributed by atoms with E-state index in [9.17, 15) is 19.5 Å². The number of aldehydes is 1. The first kappa shape index (κ1) is 27.1. The predicted octanol–water partition coefficient (Wildman–Crippen LogP) is 2.71. The van der Waals surface area contributed by atoms with Crippen LogP contribution in [-0.4, -0.2) is 53.6 Å². The summed E-state index contributed by atoms with van der Waals surface area (Å²) in [7, 11) is -1.12. The zero-order valence-electron chi connectivity index (χ0n) is 21.5. The summed E-state index contributed by atoms with van der Waals surface area (Å²) >= 11 is 0. The predicted molar refractivity (Wildman–Crippen MR) is 134 cm³/mol. The van der Waals surface area contributed by atoms with Crippen molar-refractivity contribution in [2.45, 2.75) is 75.9 Å². The number of hydrogen-bond acceptors (Lipinski definition) is 7. The summed E-state index contributed by atoms with van der Waals surface area (Å²) in [5.74, 6) is 0.680. The standard InChI is InChI=1S/C25H36N2O7Si/c1-17-13-27(22(30)26-21(17)29)20-12-25(31,35(6,7)23(2,3)4)24(15-28,34-20)16-33-14-18-9-8-10-19(11-18)32-5/h8-11,13,15,20,31H,12,14,16H2,1-7H3,(H,26,29,30)/t20-,24-,25-/m1/s1. The van der Waals surface area contributed by atoms with Gasteiger partial charge in [-0.15, -0.1) is 0 Å². The maximum absolute atomic E-state index is 12.7. The zero-order chi connectivity index (χ0) is 26.2. The molecule has 10 heteroatoms.